The molecule has 2 heteroatoms. The maximum Gasteiger partial charge on any atom is 0.123 e. The average molecular weight is 208 g/mol. The Labute approximate surface area is 89.9 Å². The molecule has 2 unspecified atom stereocenters. The Bertz CT molecular complexity index is 355. The van der Waals surface area contributed by atoms with E-state index < -0.39 is 5.60 Å². The fraction of sp³-hybridized carbons (Fsp3) is 0.538. The predicted octanol–water partition coefficient (Wildman–Crippen LogP) is 3.14. The maximum atomic E-state index is 13.3. The van der Waals surface area contributed by atoms with Gasteiger partial charge in [0.05, 0.1) is 5.60 Å². The van der Waals surface area contributed by atoms with Crippen molar-refractivity contribution in [3.05, 3.63) is 35.1 Å². The summed E-state index contributed by atoms with van der Waals surface area (Å²) in [5.74, 6) is -0.0313. The zero-order chi connectivity index (χ0) is 11.1. The molecule has 0 spiro atoms. The van der Waals surface area contributed by atoms with Crippen LogP contribution in [0.4, 0.5) is 4.39 Å². The third kappa shape index (κ3) is 1.78. The number of benzene rings is 1. The van der Waals surface area contributed by atoms with Gasteiger partial charge in [-0.1, -0.05) is 13.0 Å². The monoisotopic (exact) mass is 208 g/mol. The molecule has 2 rings (SSSR count). The summed E-state index contributed by atoms with van der Waals surface area (Å²) < 4.78 is 13.3. The van der Waals surface area contributed by atoms with Gasteiger partial charge >= 0.3 is 0 Å². The summed E-state index contributed by atoms with van der Waals surface area (Å²) in [4.78, 5) is 0. The lowest BCUT2D eigenvalue weighted by Crippen LogP contribution is -2.28. The van der Waals surface area contributed by atoms with Gasteiger partial charge in [0.15, 0.2) is 0 Å². The van der Waals surface area contributed by atoms with Gasteiger partial charge in [0.25, 0.3) is 0 Å². The lowest BCUT2D eigenvalue weighted by Gasteiger charge is -2.28. The molecule has 0 bridgehead atoms. The number of rotatable bonds is 1. The summed E-state index contributed by atoms with van der Waals surface area (Å²) in [5.41, 5.74) is 0.801. The van der Waals surface area contributed by atoms with E-state index in [1.807, 2.05) is 19.9 Å². The van der Waals surface area contributed by atoms with Crippen molar-refractivity contribution in [1.82, 2.24) is 0 Å². The standard InChI is InChI=1S/C13H17FO/c1-9-6-11(8-12(14)7-9)13(15)5-3-4-10(13)2/h6-8,10,15H,3-5H2,1-2H3. The second-order valence-electron chi connectivity index (χ2n) is 4.73. The molecule has 1 aromatic carbocycles. The largest absolute Gasteiger partial charge is 0.385 e. The summed E-state index contributed by atoms with van der Waals surface area (Å²) in [6.45, 7) is 3.89. The third-order valence-corrected chi connectivity index (χ3v) is 3.55. The van der Waals surface area contributed by atoms with Crippen molar-refractivity contribution in [2.45, 2.75) is 38.7 Å². The van der Waals surface area contributed by atoms with Crippen molar-refractivity contribution in [1.29, 1.82) is 0 Å². The molecule has 0 heterocycles. The van der Waals surface area contributed by atoms with Crippen LogP contribution < -0.4 is 0 Å². The molecule has 0 aliphatic heterocycles. The van der Waals surface area contributed by atoms with E-state index >= 15 is 0 Å². The topological polar surface area (TPSA) is 20.2 Å². The minimum atomic E-state index is -0.813. The Morgan fingerprint density at radius 3 is 2.67 bits per heavy atom. The van der Waals surface area contributed by atoms with Crippen LogP contribution in [0.15, 0.2) is 18.2 Å². The van der Waals surface area contributed by atoms with Crippen LogP contribution in [0.2, 0.25) is 0 Å². The van der Waals surface area contributed by atoms with Gasteiger partial charge in [-0.05, 0) is 55.4 Å². The summed E-state index contributed by atoms with van der Waals surface area (Å²) in [7, 11) is 0. The van der Waals surface area contributed by atoms with Crippen molar-refractivity contribution >= 4 is 0 Å². The molecule has 0 radical (unpaired) electrons. The van der Waals surface area contributed by atoms with Gasteiger partial charge in [-0.15, -0.1) is 0 Å². The van der Waals surface area contributed by atoms with Crippen molar-refractivity contribution in [3.8, 4) is 0 Å². The molecular formula is C13H17FO. The first kappa shape index (κ1) is 10.6. The zero-order valence-corrected chi connectivity index (χ0v) is 9.26. The second-order valence-corrected chi connectivity index (χ2v) is 4.73. The smallest absolute Gasteiger partial charge is 0.123 e. The van der Waals surface area contributed by atoms with E-state index in [1.165, 1.54) is 12.1 Å². The fourth-order valence-corrected chi connectivity index (χ4v) is 2.58. The molecule has 1 aromatic rings. The van der Waals surface area contributed by atoms with Gasteiger partial charge in [0, 0.05) is 0 Å². The highest BCUT2D eigenvalue weighted by Gasteiger charge is 2.39. The zero-order valence-electron chi connectivity index (χ0n) is 9.26. The van der Waals surface area contributed by atoms with E-state index in [1.54, 1.807) is 0 Å². The van der Waals surface area contributed by atoms with E-state index in [2.05, 4.69) is 0 Å². The number of aliphatic hydroxyl groups is 1. The van der Waals surface area contributed by atoms with Gasteiger partial charge in [-0.2, -0.15) is 0 Å². The lowest BCUT2D eigenvalue weighted by atomic mass is 9.84. The van der Waals surface area contributed by atoms with E-state index in [9.17, 15) is 9.50 Å². The Morgan fingerprint density at radius 2 is 2.13 bits per heavy atom. The minimum Gasteiger partial charge on any atom is -0.385 e. The lowest BCUT2D eigenvalue weighted by molar-refractivity contribution is 0.00416. The Balaban J connectivity index is 2.44. The van der Waals surface area contributed by atoms with E-state index in [0.29, 0.717) is 0 Å². The summed E-state index contributed by atoms with van der Waals surface area (Å²) >= 11 is 0. The normalized spacial score (nSPS) is 30.8. The molecule has 15 heavy (non-hydrogen) atoms. The number of hydrogen-bond donors (Lipinski definition) is 1. The van der Waals surface area contributed by atoms with Crippen molar-refractivity contribution in [3.63, 3.8) is 0 Å². The minimum absolute atomic E-state index is 0.221. The molecule has 0 amide bonds. The number of aryl methyl sites for hydroxylation is 1. The molecule has 1 nitrogen and oxygen atoms in total. The van der Waals surface area contributed by atoms with E-state index in [-0.39, 0.29) is 11.7 Å². The summed E-state index contributed by atoms with van der Waals surface area (Å²) in [5, 5.41) is 10.5. The number of hydrogen-bond acceptors (Lipinski definition) is 1. The van der Waals surface area contributed by atoms with Crippen molar-refractivity contribution < 1.29 is 9.50 Å². The van der Waals surface area contributed by atoms with E-state index in [0.717, 1.165) is 30.4 Å². The van der Waals surface area contributed by atoms with Gasteiger partial charge in [-0.3, -0.25) is 0 Å². The maximum absolute atomic E-state index is 13.3. The van der Waals surface area contributed by atoms with Crippen LogP contribution in [0.3, 0.4) is 0 Å². The van der Waals surface area contributed by atoms with Crippen LogP contribution in [0.25, 0.3) is 0 Å². The molecule has 1 saturated carbocycles. The molecule has 82 valence electrons. The van der Waals surface area contributed by atoms with Crippen LogP contribution in [-0.4, -0.2) is 5.11 Å². The molecule has 1 N–H and O–H groups in total. The molecule has 0 saturated heterocycles. The van der Waals surface area contributed by atoms with Crippen LogP contribution >= 0.6 is 0 Å². The van der Waals surface area contributed by atoms with Crippen LogP contribution in [0.1, 0.15) is 37.3 Å². The quantitative estimate of drug-likeness (QED) is 0.751. The molecule has 1 aliphatic carbocycles. The Hall–Kier alpha value is -0.890. The third-order valence-electron chi connectivity index (χ3n) is 3.55. The summed E-state index contributed by atoms with van der Waals surface area (Å²) in [6.07, 6.45) is 2.79. The van der Waals surface area contributed by atoms with Gasteiger partial charge in [-0.25, -0.2) is 4.39 Å². The van der Waals surface area contributed by atoms with Crippen molar-refractivity contribution in [2.75, 3.05) is 0 Å². The molecule has 0 aromatic heterocycles. The first-order chi connectivity index (χ1) is 7.02. The van der Waals surface area contributed by atoms with Crippen molar-refractivity contribution in [2.24, 2.45) is 5.92 Å². The summed E-state index contributed by atoms with van der Waals surface area (Å²) in [6, 6.07) is 4.85. The van der Waals surface area contributed by atoms with Gasteiger partial charge in [0.2, 0.25) is 0 Å². The van der Waals surface area contributed by atoms with Crippen LogP contribution in [0, 0.1) is 18.7 Å². The molecular weight excluding hydrogens is 191 g/mol. The fourth-order valence-electron chi connectivity index (χ4n) is 2.58. The average Bonchev–Trinajstić information content (AvgIpc) is 2.47. The predicted molar refractivity (Wildman–Crippen MR) is 58.0 cm³/mol. The first-order valence-electron chi connectivity index (χ1n) is 5.52. The Kier molecular flexibility index (Phi) is 2.55. The highest BCUT2D eigenvalue weighted by molar-refractivity contribution is 5.29. The van der Waals surface area contributed by atoms with E-state index in [4.69, 9.17) is 0 Å². The molecule has 1 fully saturated rings. The number of halogens is 1. The molecule has 2 atom stereocenters. The first-order valence-corrected chi connectivity index (χ1v) is 5.52. The molecule has 1 aliphatic rings. The van der Waals surface area contributed by atoms with Gasteiger partial charge in [0.1, 0.15) is 5.82 Å². The second kappa shape index (κ2) is 3.60. The van der Waals surface area contributed by atoms with Crippen LogP contribution in [-0.2, 0) is 5.60 Å². The SMILES string of the molecule is Cc1cc(F)cc(C2(O)CCCC2C)c1. The highest BCUT2D eigenvalue weighted by Crippen LogP contribution is 2.43. The Morgan fingerprint density at radius 1 is 1.40 bits per heavy atom. The highest BCUT2D eigenvalue weighted by atomic mass is 19.1. The van der Waals surface area contributed by atoms with Crippen LogP contribution in [0.5, 0.6) is 0 Å². The van der Waals surface area contributed by atoms with Gasteiger partial charge < -0.3 is 5.11 Å².